The van der Waals surface area contributed by atoms with Crippen LogP contribution in [0.2, 0.25) is 0 Å². The maximum absolute atomic E-state index is 12.4. The van der Waals surface area contributed by atoms with E-state index in [-0.39, 0.29) is 24.0 Å². The molecular formula is C19H26N2O4. The van der Waals surface area contributed by atoms with Gasteiger partial charge < -0.3 is 20.1 Å². The number of rotatable bonds is 3. The van der Waals surface area contributed by atoms with E-state index in [0.29, 0.717) is 38.1 Å². The fourth-order valence-electron chi connectivity index (χ4n) is 3.76. The van der Waals surface area contributed by atoms with Gasteiger partial charge in [0, 0.05) is 25.1 Å². The molecule has 136 valence electrons. The highest BCUT2D eigenvalue weighted by molar-refractivity contribution is 5.96. The van der Waals surface area contributed by atoms with Crippen molar-refractivity contribution >= 4 is 11.8 Å². The predicted molar refractivity (Wildman–Crippen MR) is 93.1 cm³/mol. The molecular weight excluding hydrogens is 320 g/mol. The second-order valence-corrected chi connectivity index (χ2v) is 7.38. The van der Waals surface area contributed by atoms with E-state index in [4.69, 9.17) is 4.74 Å². The summed E-state index contributed by atoms with van der Waals surface area (Å²) in [6.07, 6.45) is 2.72. The summed E-state index contributed by atoms with van der Waals surface area (Å²) < 4.78 is 5.96. The van der Waals surface area contributed by atoms with Gasteiger partial charge in [0.25, 0.3) is 5.91 Å². The molecule has 0 aliphatic carbocycles. The highest BCUT2D eigenvalue weighted by atomic mass is 16.5. The van der Waals surface area contributed by atoms with Crippen LogP contribution in [0.1, 0.15) is 43.0 Å². The molecule has 2 fully saturated rings. The highest BCUT2D eigenvalue weighted by Gasteiger charge is 2.44. The van der Waals surface area contributed by atoms with Crippen LogP contribution < -0.4 is 5.32 Å². The van der Waals surface area contributed by atoms with Crippen molar-refractivity contribution in [3.05, 3.63) is 35.9 Å². The number of likely N-dealkylation sites (tertiary alicyclic amines) is 1. The van der Waals surface area contributed by atoms with Crippen LogP contribution in [0.4, 0.5) is 0 Å². The van der Waals surface area contributed by atoms with Gasteiger partial charge in [0.05, 0.1) is 24.4 Å². The highest BCUT2D eigenvalue weighted by Crippen LogP contribution is 2.39. The average molecular weight is 346 g/mol. The number of nitrogens with one attached hydrogen (secondary N) is 1. The van der Waals surface area contributed by atoms with Crippen LogP contribution in [0.15, 0.2) is 30.3 Å². The number of piperidine rings is 1. The van der Waals surface area contributed by atoms with E-state index in [9.17, 15) is 14.7 Å². The van der Waals surface area contributed by atoms with Crippen molar-refractivity contribution in [1.82, 2.24) is 10.2 Å². The summed E-state index contributed by atoms with van der Waals surface area (Å²) in [6, 6.07) is 8.86. The number of carbonyl (C=O) groups is 2. The molecule has 1 spiro atoms. The van der Waals surface area contributed by atoms with Crippen LogP contribution in [-0.4, -0.2) is 59.3 Å². The number of carbonyl (C=O) groups excluding carboxylic acids is 2. The van der Waals surface area contributed by atoms with E-state index in [1.165, 1.54) is 0 Å². The maximum Gasteiger partial charge on any atom is 0.251 e. The first-order valence-corrected chi connectivity index (χ1v) is 8.87. The van der Waals surface area contributed by atoms with E-state index in [0.717, 1.165) is 12.8 Å². The molecule has 2 aliphatic heterocycles. The largest absolute Gasteiger partial charge is 0.390 e. The van der Waals surface area contributed by atoms with Gasteiger partial charge in [-0.2, -0.15) is 0 Å². The van der Waals surface area contributed by atoms with Gasteiger partial charge in [-0.05, 0) is 38.3 Å². The summed E-state index contributed by atoms with van der Waals surface area (Å²) in [6.45, 7) is 3.60. The van der Waals surface area contributed by atoms with Crippen LogP contribution in [0.5, 0.6) is 0 Å². The Bertz CT molecular complexity index is 622. The molecule has 6 nitrogen and oxygen atoms in total. The van der Waals surface area contributed by atoms with Gasteiger partial charge in [0.15, 0.2) is 0 Å². The van der Waals surface area contributed by atoms with Gasteiger partial charge in [0.1, 0.15) is 0 Å². The molecule has 0 aromatic heterocycles. The molecule has 2 saturated heterocycles. The third-order valence-electron chi connectivity index (χ3n) is 5.22. The predicted octanol–water partition coefficient (Wildman–Crippen LogP) is 1.34. The summed E-state index contributed by atoms with van der Waals surface area (Å²) in [7, 11) is 0. The lowest BCUT2D eigenvalue weighted by molar-refractivity contribution is -0.175. The van der Waals surface area contributed by atoms with Crippen LogP contribution >= 0.6 is 0 Å². The SMILES string of the molecule is CC1(O)CCOC2(CCN(C(=O)CNC(=O)c3ccccc3)CC2)C1. The minimum absolute atomic E-state index is 0.000694. The molecule has 2 aliphatic rings. The number of nitrogens with zero attached hydrogens (tertiary/aromatic N) is 1. The number of hydrogen-bond acceptors (Lipinski definition) is 4. The van der Waals surface area contributed by atoms with Crippen LogP contribution in [-0.2, 0) is 9.53 Å². The average Bonchev–Trinajstić information content (AvgIpc) is 2.60. The van der Waals surface area contributed by atoms with Gasteiger partial charge in [-0.3, -0.25) is 9.59 Å². The van der Waals surface area contributed by atoms with E-state index in [1.54, 1.807) is 29.2 Å². The minimum Gasteiger partial charge on any atom is -0.390 e. The number of aliphatic hydroxyl groups is 1. The Kier molecular flexibility index (Phi) is 5.11. The summed E-state index contributed by atoms with van der Waals surface area (Å²) in [5.41, 5.74) is -0.453. The van der Waals surface area contributed by atoms with Gasteiger partial charge in [0.2, 0.25) is 5.91 Å². The molecule has 1 unspecified atom stereocenters. The third kappa shape index (κ3) is 4.38. The molecule has 1 atom stereocenters. The summed E-state index contributed by atoms with van der Waals surface area (Å²) in [5.74, 6) is -0.323. The van der Waals surface area contributed by atoms with Crippen molar-refractivity contribution in [2.45, 2.75) is 43.8 Å². The monoisotopic (exact) mass is 346 g/mol. The summed E-state index contributed by atoms with van der Waals surface area (Å²) in [4.78, 5) is 26.1. The quantitative estimate of drug-likeness (QED) is 0.866. The molecule has 0 saturated carbocycles. The Morgan fingerprint density at radius 3 is 2.52 bits per heavy atom. The van der Waals surface area contributed by atoms with E-state index in [2.05, 4.69) is 5.32 Å². The summed E-state index contributed by atoms with van der Waals surface area (Å²) >= 11 is 0. The van der Waals surface area contributed by atoms with Crippen molar-refractivity contribution in [3.63, 3.8) is 0 Å². The first-order valence-electron chi connectivity index (χ1n) is 8.87. The smallest absolute Gasteiger partial charge is 0.251 e. The lowest BCUT2D eigenvalue weighted by Gasteiger charge is -2.48. The van der Waals surface area contributed by atoms with E-state index >= 15 is 0 Å². The lowest BCUT2D eigenvalue weighted by Crippen LogP contribution is -2.55. The standard InChI is InChI=1S/C19H26N2O4/c1-18(24)9-12-25-19(14-18)7-10-21(11-8-19)16(22)13-20-17(23)15-5-3-2-4-6-15/h2-6,24H,7-14H2,1H3,(H,20,23). The van der Waals surface area contributed by atoms with E-state index < -0.39 is 5.60 Å². The Labute approximate surface area is 148 Å². The van der Waals surface area contributed by atoms with Crippen molar-refractivity contribution in [3.8, 4) is 0 Å². The van der Waals surface area contributed by atoms with Gasteiger partial charge in [-0.15, -0.1) is 0 Å². The van der Waals surface area contributed by atoms with Crippen molar-refractivity contribution in [2.24, 2.45) is 0 Å². The molecule has 25 heavy (non-hydrogen) atoms. The number of amides is 2. The normalized spacial score (nSPS) is 25.6. The molecule has 2 heterocycles. The Balaban J connectivity index is 1.48. The molecule has 2 amide bonds. The fourth-order valence-corrected chi connectivity index (χ4v) is 3.76. The van der Waals surface area contributed by atoms with Crippen molar-refractivity contribution in [1.29, 1.82) is 0 Å². The first-order chi connectivity index (χ1) is 11.9. The van der Waals surface area contributed by atoms with Crippen LogP contribution in [0.3, 0.4) is 0 Å². The van der Waals surface area contributed by atoms with Crippen LogP contribution in [0, 0.1) is 0 Å². The lowest BCUT2D eigenvalue weighted by atomic mass is 9.78. The molecule has 0 bridgehead atoms. The molecule has 0 radical (unpaired) electrons. The van der Waals surface area contributed by atoms with Crippen LogP contribution in [0.25, 0.3) is 0 Å². The molecule has 2 N–H and O–H groups in total. The Hall–Kier alpha value is -1.92. The van der Waals surface area contributed by atoms with E-state index in [1.807, 2.05) is 13.0 Å². The topological polar surface area (TPSA) is 78.9 Å². The molecule has 1 aromatic carbocycles. The zero-order valence-electron chi connectivity index (χ0n) is 14.7. The van der Waals surface area contributed by atoms with Crippen molar-refractivity contribution in [2.75, 3.05) is 26.2 Å². The van der Waals surface area contributed by atoms with Gasteiger partial charge in [-0.25, -0.2) is 0 Å². The Morgan fingerprint density at radius 2 is 1.88 bits per heavy atom. The van der Waals surface area contributed by atoms with Gasteiger partial charge >= 0.3 is 0 Å². The second-order valence-electron chi connectivity index (χ2n) is 7.38. The zero-order chi connectivity index (χ0) is 17.9. The molecule has 6 heteroatoms. The Morgan fingerprint density at radius 1 is 1.20 bits per heavy atom. The first kappa shape index (κ1) is 17.9. The number of benzene rings is 1. The second kappa shape index (κ2) is 7.14. The third-order valence-corrected chi connectivity index (χ3v) is 5.22. The minimum atomic E-state index is -0.686. The molecule has 1 aromatic rings. The molecule has 3 rings (SSSR count). The zero-order valence-corrected chi connectivity index (χ0v) is 14.7. The maximum atomic E-state index is 12.4. The number of ether oxygens (including phenoxy) is 1. The van der Waals surface area contributed by atoms with Gasteiger partial charge in [-0.1, -0.05) is 18.2 Å². The van der Waals surface area contributed by atoms with Crippen molar-refractivity contribution < 1.29 is 19.4 Å². The fraction of sp³-hybridized carbons (Fsp3) is 0.579. The number of hydrogen-bond donors (Lipinski definition) is 2. The summed E-state index contributed by atoms with van der Waals surface area (Å²) in [5, 5.41) is 13.0.